The molecule has 1 aliphatic carbocycles. The van der Waals surface area contributed by atoms with Crippen LogP contribution in [0.5, 0.6) is 5.75 Å². The second-order valence-corrected chi connectivity index (χ2v) is 5.80. The third-order valence-corrected chi connectivity index (χ3v) is 4.46. The van der Waals surface area contributed by atoms with Gasteiger partial charge in [-0.1, -0.05) is 26.2 Å². The normalized spacial score (nSPS) is 16.1. The highest BCUT2D eigenvalue weighted by molar-refractivity contribution is 5.95. The van der Waals surface area contributed by atoms with Gasteiger partial charge in [0, 0.05) is 23.7 Å². The maximum atomic E-state index is 7.61. The predicted molar refractivity (Wildman–Crippen MR) is 87.0 cm³/mol. The standard InChI is InChI=1S/C17H27N3O/c1-3-20(15-7-5-4-6-8-15)12-14-11-13(17(18)19)9-10-16(14)21-2/h9-11,15H,3-8,12H2,1-2H3,(H3,18,19). The van der Waals surface area contributed by atoms with Gasteiger partial charge in [0.2, 0.25) is 0 Å². The lowest BCUT2D eigenvalue weighted by Crippen LogP contribution is -2.36. The Bertz CT molecular complexity index is 481. The maximum Gasteiger partial charge on any atom is 0.123 e. The zero-order valence-electron chi connectivity index (χ0n) is 13.2. The van der Waals surface area contributed by atoms with Crippen LogP contribution in [-0.2, 0) is 6.54 Å². The van der Waals surface area contributed by atoms with E-state index in [1.54, 1.807) is 7.11 Å². The first-order valence-corrected chi connectivity index (χ1v) is 7.91. The molecule has 1 aromatic rings. The average Bonchev–Trinajstić information content (AvgIpc) is 2.53. The fourth-order valence-corrected chi connectivity index (χ4v) is 3.23. The summed E-state index contributed by atoms with van der Waals surface area (Å²) in [6.45, 7) is 4.12. The molecular weight excluding hydrogens is 262 g/mol. The molecule has 1 aliphatic rings. The van der Waals surface area contributed by atoms with Crippen LogP contribution in [0.2, 0.25) is 0 Å². The molecule has 0 aliphatic heterocycles. The third kappa shape index (κ3) is 3.97. The maximum absolute atomic E-state index is 7.61. The van der Waals surface area contributed by atoms with Gasteiger partial charge in [0.15, 0.2) is 0 Å². The first-order valence-electron chi connectivity index (χ1n) is 7.91. The Kier molecular flexibility index (Phi) is 5.62. The molecule has 1 aromatic carbocycles. The van der Waals surface area contributed by atoms with Crippen molar-refractivity contribution in [2.75, 3.05) is 13.7 Å². The van der Waals surface area contributed by atoms with Gasteiger partial charge in [-0.15, -0.1) is 0 Å². The quantitative estimate of drug-likeness (QED) is 0.624. The van der Waals surface area contributed by atoms with Gasteiger partial charge in [-0.05, 0) is 37.6 Å². The number of nitrogen functional groups attached to an aromatic ring is 1. The van der Waals surface area contributed by atoms with E-state index in [9.17, 15) is 0 Å². The van der Waals surface area contributed by atoms with E-state index >= 15 is 0 Å². The predicted octanol–water partition coefficient (Wildman–Crippen LogP) is 3.13. The average molecular weight is 289 g/mol. The van der Waals surface area contributed by atoms with Gasteiger partial charge < -0.3 is 10.5 Å². The van der Waals surface area contributed by atoms with E-state index in [0.717, 1.165) is 30.0 Å². The molecule has 0 aromatic heterocycles. The minimum Gasteiger partial charge on any atom is -0.496 e. The van der Waals surface area contributed by atoms with Crippen LogP contribution in [0.25, 0.3) is 0 Å². The summed E-state index contributed by atoms with van der Waals surface area (Å²) in [5, 5.41) is 7.61. The van der Waals surface area contributed by atoms with Crippen molar-refractivity contribution in [1.82, 2.24) is 4.90 Å². The summed E-state index contributed by atoms with van der Waals surface area (Å²) in [6.07, 6.45) is 6.64. The van der Waals surface area contributed by atoms with Crippen molar-refractivity contribution in [2.24, 2.45) is 5.73 Å². The van der Waals surface area contributed by atoms with Crippen molar-refractivity contribution >= 4 is 5.84 Å². The highest BCUT2D eigenvalue weighted by Crippen LogP contribution is 2.27. The molecule has 0 heterocycles. The lowest BCUT2D eigenvalue weighted by Gasteiger charge is -2.34. The molecule has 4 heteroatoms. The summed E-state index contributed by atoms with van der Waals surface area (Å²) in [5.74, 6) is 0.994. The number of methoxy groups -OCH3 is 1. The van der Waals surface area contributed by atoms with E-state index in [4.69, 9.17) is 15.9 Å². The highest BCUT2D eigenvalue weighted by Gasteiger charge is 2.21. The van der Waals surface area contributed by atoms with Crippen molar-refractivity contribution in [1.29, 1.82) is 5.41 Å². The first-order chi connectivity index (χ1) is 10.2. The van der Waals surface area contributed by atoms with Crippen LogP contribution in [0, 0.1) is 5.41 Å². The van der Waals surface area contributed by atoms with Gasteiger partial charge in [0.1, 0.15) is 11.6 Å². The van der Waals surface area contributed by atoms with Gasteiger partial charge >= 0.3 is 0 Å². The lowest BCUT2D eigenvalue weighted by molar-refractivity contribution is 0.154. The van der Waals surface area contributed by atoms with E-state index < -0.39 is 0 Å². The van der Waals surface area contributed by atoms with E-state index in [-0.39, 0.29) is 5.84 Å². The minimum absolute atomic E-state index is 0.111. The Morgan fingerprint density at radius 1 is 1.33 bits per heavy atom. The zero-order valence-corrected chi connectivity index (χ0v) is 13.2. The Morgan fingerprint density at radius 3 is 2.62 bits per heavy atom. The first kappa shape index (κ1) is 15.8. The molecule has 0 saturated heterocycles. The molecule has 0 spiro atoms. The molecule has 116 valence electrons. The Morgan fingerprint density at radius 2 is 2.05 bits per heavy atom. The smallest absolute Gasteiger partial charge is 0.123 e. The molecule has 4 nitrogen and oxygen atoms in total. The van der Waals surface area contributed by atoms with Gasteiger partial charge in [-0.25, -0.2) is 0 Å². The van der Waals surface area contributed by atoms with Crippen LogP contribution >= 0.6 is 0 Å². The van der Waals surface area contributed by atoms with Crippen molar-refractivity contribution in [2.45, 2.75) is 51.6 Å². The minimum atomic E-state index is 0.111. The Labute approximate surface area is 127 Å². The summed E-state index contributed by atoms with van der Waals surface area (Å²) in [4.78, 5) is 2.53. The van der Waals surface area contributed by atoms with Crippen molar-refractivity contribution in [3.8, 4) is 5.75 Å². The molecule has 1 fully saturated rings. The van der Waals surface area contributed by atoms with Gasteiger partial charge in [0.25, 0.3) is 0 Å². The van der Waals surface area contributed by atoms with Crippen LogP contribution in [0.3, 0.4) is 0 Å². The molecule has 0 bridgehead atoms. The summed E-state index contributed by atoms with van der Waals surface area (Å²) in [5.41, 5.74) is 7.50. The molecule has 1 saturated carbocycles. The zero-order chi connectivity index (χ0) is 15.2. The number of benzene rings is 1. The van der Waals surface area contributed by atoms with E-state index in [1.807, 2.05) is 18.2 Å². The number of nitrogens with one attached hydrogen (secondary N) is 1. The number of nitrogens with two attached hydrogens (primary N) is 1. The molecule has 21 heavy (non-hydrogen) atoms. The van der Waals surface area contributed by atoms with Crippen molar-refractivity contribution in [3.05, 3.63) is 29.3 Å². The van der Waals surface area contributed by atoms with Gasteiger partial charge in [-0.2, -0.15) is 0 Å². The Balaban J connectivity index is 2.18. The SMILES string of the molecule is CCN(Cc1cc(C(=N)N)ccc1OC)C1CCCCC1. The molecule has 0 amide bonds. The number of ether oxygens (including phenoxy) is 1. The fraction of sp³-hybridized carbons (Fsp3) is 0.588. The summed E-state index contributed by atoms with van der Waals surface area (Å²) in [6, 6.07) is 6.43. The van der Waals surface area contributed by atoms with Gasteiger partial charge in [0.05, 0.1) is 7.11 Å². The topological polar surface area (TPSA) is 62.3 Å². The van der Waals surface area contributed by atoms with Crippen LogP contribution in [-0.4, -0.2) is 30.4 Å². The number of rotatable bonds is 6. The largest absolute Gasteiger partial charge is 0.496 e. The van der Waals surface area contributed by atoms with Crippen LogP contribution < -0.4 is 10.5 Å². The number of hydrogen-bond donors (Lipinski definition) is 2. The van der Waals surface area contributed by atoms with Gasteiger partial charge in [-0.3, -0.25) is 10.3 Å². The fourth-order valence-electron chi connectivity index (χ4n) is 3.23. The molecular formula is C17H27N3O. The van der Waals surface area contributed by atoms with Crippen LogP contribution in [0.1, 0.15) is 50.2 Å². The van der Waals surface area contributed by atoms with E-state index in [0.29, 0.717) is 6.04 Å². The summed E-state index contributed by atoms with van der Waals surface area (Å²) < 4.78 is 5.47. The van der Waals surface area contributed by atoms with Crippen LogP contribution in [0.4, 0.5) is 0 Å². The Hall–Kier alpha value is -1.55. The second-order valence-electron chi connectivity index (χ2n) is 5.80. The summed E-state index contributed by atoms with van der Waals surface area (Å²) in [7, 11) is 1.70. The molecule has 2 rings (SSSR count). The third-order valence-electron chi connectivity index (χ3n) is 4.46. The van der Waals surface area contributed by atoms with Crippen molar-refractivity contribution < 1.29 is 4.74 Å². The van der Waals surface area contributed by atoms with E-state index in [1.165, 1.54) is 32.1 Å². The molecule has 0 unspecified atom stereocenters. The lowest BCUT2D eigenvalue weighted by atomic mass is 9.93. The van der Waals surface area contributed by atoms with Crippen LogP contribution in [0.15, 0.2) is 18.2 Å². The number of nitrogens with zero attached hydrogens (tertiary/aromatic N) is 1. The van der Waals surface area contributed by atoms with E-state index in [2.05, 4.69) is 11.8 Å². The molecule has 3 N–H and O–H groups in total. The summed E-state index contributed by atoms with van der Waals surface area (Å²) >= 11 is 0. The molecule has 0 atom stereocenters. The van der Waals surface area contributed by atoms with Crippen molar-refractivity contribution in [3.63, 3.8) is 0 Å². The number of hydrogen-bond acceptors (Lipinski definition) is 3. The monoisotopic (exact) mass is 289 g/mol. The highest BCUT2D eigenvalue weighted by atomic mass is 16.5. The molecule has 0 radical (unpaired) electrons. The second kappa shape index (κ2) is 7.46. The number of amidine groups is 1.